The van der Waals surface area contributed by atoms with E-state index in [-0.39, 0.29) is 11.4 Å². The van der Waals surface area contributed by atoms with Crippen LogP contribution in [0.2, 0.25) is 0 Å². The van der Waals surface area contributed by atoms with Gasteiger partial charge >= 0.3 is 0 Å². The highest BCUT2D eigenvalue weighted by molar-refractivity contribution is 5.42. The number of nitro benzene ring substituents is 2. The predicted octanol–water partition coefficient (Wildman–Crippen LogP) is 4.37. The van der Waals surface area contributed by atoms with Gasteiger partial charge in [-0.05, 0) is 31.5 Å². The van der Waals surface area contributed by atoms with E-state index in [0.717, 1.165) is 18.2 Å². The van der Waals surface area contributed by atoms with E-state index in [4.69, 9.17) is 4.74 Å². The molecule has 0 spiro atoms. The zero-order valence-corrected chi connectivity index (χ0v) is 12.9. The molecule has 7 nitrogen and oxygen atoms in total. The Morgan fingerprint density at radius 2 is 1.48 bits per heavy atom. The molecule has 0 aliphatic rings. The molecule has 0 N–H and O–H groups in total. The lowest BCUT2D eigenvalue weighted by molar-refractivity contribution is -0.394. The van der Waals surface area contributed by atoms with Crippen molar-refractivity contribution < 1.29 is 14.6 Å². The number of rotatable bonds is 5. The lowest BCUT2D eigenvalue weighted by Crippen LogP contribution is -2.09. The molecule has 0 aliphatic carbocycles. The number of para-hydroxylation sites is 1. The fourth-order valence-corrected chi connectivity index (χ4v) is 1.53. The molecule has 23 heavy (non-hydrogen) atoms. The van der Waals surface area contributed by atoms with Crippen molar-refractivity contribution in [2.45, 2.75) is 26.4 Å². The standard InChI is InChI=1S/C10H14O.C6H4N2O4/c1-3-9(2)11-10-7-5-4-6-8-10;9-7(10)5-2-1-3-6(4-5)8(11)12/h4-9H,3H2,1-2H3;1-4H. The fourth-order valence-electron chi connectivity index (χ4n) is 1.53. The van der Waals surface area contributed by atoms with Crippen LogP contribution < -0.4 is 4.74 Å². The van der Waals surface area contributed by atoms with Crippen LogP contribution in [-0.4, -0.2) is 16.0 Å². The summed E-state index contributed by atoms with van der Waals surface area (Å²) in [6, 6.07) is 14.5. The average Bonchev–Trinajstić information content (AvgIpc) is 2.56. The Bertz CT molecular complexity index is 617. The Hall–Kier alpha value is -2.96. The summed E-state index contributed by atoms with van der Waals surface area (Å²) >= 11 is 0. The van der Waals surface area contributed by atoms with Crippen molar-refractivity contribution in [3.63, 3.8) is 0 Å². The van der Waals surface area contributed by atoms with Crippen molar-refractivity contribution in [1.29, 1.82) is 0 Å². The van der Waals surface area contributed by atoms with Gasteiger partial charge in [0.2, 0.25) is 0 Å². The second kappa shape index (κ2) is 9.14. The van der Waals surface area contributed by atoms with E-state index in [1.54, 1.807) is 0 Å². The first-order valence-corrected chi connectivity index (χ1v) is 7.04. The monoisotopic (exact) mass is 318 g/mol. The first-order chi connectivity index (χ1) is 10.9. The third kappa shape index (κ3) is 6.56. The normalized spacial score (nSPS) is 10.9. The highest BCUT2D eigenvalue weighted by atomic mass is 16.6. The van der Waals surface area contributed by atoms with Gasteiger partial charge in [0.1, 0.15) is 5.75 Å². The van der Waals surface area contributed by atoms with Crippen LogP contribution in [0.15, 0.2) is 54.6 Å². The van der Waals surface area contributed by atoms with Crippen molar-refractivity contribution in [1.82, 2.24) is 0 Å². The van der Waals surface area contributed by atoms with Crippen molar-refractivity contribution in [2.24, 2.45) is 0 Å². The maximum atomic E-state index is 10.2. The summed E-state index contributed by atoms with van der Waals surface area (Å²) in [5.74, 6) is 0.960. The van der Waals surface area contributed by atoms with Gasteiger partial charge in [0, 0.05) is 12.1 Å². The molecule has 0 aromatic heterocycles. The van der Waals surface area contributed by atoms with Gasteiger partial charge in [0.15, 0.2) is 0 Å². The number of nitro groups is 2. The molecule has 2 aromatic rings. The molecule has 0 aliphatic heterocycles. The predicted molar refractivity (Wildman–Crippen MR) is 86.6 cm³/mol. The molecule has 0 bridgehead atoms. The minimum absolute atomic E-state index is 0.274. The van der Waals surface area contributed by atoms with Crippen molar-refractivity contribution in [2.75, 3.05) is 0 Å². The Kier molecular flexibility index (Phi) is 7.19. The number of ether oxygens (including phenoxy) is 1. The van der Waals surface area contributed by atoms with E-state index in [1.165, 1.54) is 18.2 Å². The number of nitrogens with zero attached hydrogens (tertiary/aromatic N) is 2. The lowest BCUT2D eigenvalue weighted by atomic mass is 10.3. The molecule has 0 radical (unpaired) electrons. The van der Waals surface area contributed by atoms with Crippen LogP contribution in [0, 0.1) is 20.2 Å². The molecule has 1 unspecified atom stereocenters. The largest absolute Gasteiger partial charge is 0.491 e. The first kappa shape index (κ1) is 18.1. The van der Waals surface area contributed by atoms with Gasteiger partial charge < -0.3 is 4.74 Å². The lowest BCUT2D eigenvalue weighted by Gasteiger charge is -2.11. The zero-order chi connectivity index (χ0) is 17.2. The van der Waals surface area contributed by atoms with E-state index in [9.17, 15) is 20.2 Å². The summed E-state index contributed by atoms with van der Waals surface area (Å²) in [5.41, 5.74) is -0.548. The first-order valence-electron chi connectivity index (χ1n) is 7.04. The van der Waals surface area contributed by atoms with Gasteiger partial charge in [-0.1, -0.05) is 25.1 Å². The van der Waals surface area contributed by atoms with Gasteiger partial charge in [0.25, 0.3) is 11.4 Å². The van der Waals surface area contributed by atoms with E-state index in [1.807, 2.05) is 30.3 Å². The van der Waals surface area contributed by atoms with E-state index in [0.29, 0.717) is 6.10 Å². The van der Waals surface area contributed by atoms with E-state index >= 15 is 0 Å². The smallest absolute Gasteiger partial charge is 0.276 e. The van der Waals surface area contributed by atoms with Crippen LogP contribution in [0.1, 0.15) is 20.3 Å². The maximum absolute atomic E-state index is 10.2. The zero-order valence-electron chi connectivity index (χ0n) is 12.9. The quantitative estimate of drug-likeness (QED) is 0.602. The molecule has 1 atom stereocenters. The molecule has 7 heteroatoms. The third-order valence-electron chi connectivity index (χ3n) is 2.91. The Morgan fingerprint density at radius 1 is 0.957 bits per heavy atom. The molecular weight excluding hydrogens is 300 g/mol. The number of hydrogen-bond acceptors (Lipinski definition) is 5. The fraction of sp³-hybridized carbons (Fsp3) is 0.250. The highest BCUT2D eigenvalue weighted by Crippen LogP contribution is 2.18. The van der Waals surface area contributed by atoms with Crippen LogP contribution in [-0.2, 0) is 0 Å². The van der Waals surface area contributed by atoms with Gasteiger partial charge in [0.05, 0.1) is 22.0 Å². The Morgan fingerprint density at radius 3 is 1.91 bits per heavy atom. The highest BCUT2D eigenvalue weighted by Gasteiger charge is 2.11. The Labute approximate surface area is 133 Å². The average molecular weight is 318 g/mol. The second-order valence-corrected chi connectivity index (χ2v) is 4.68. The topological polar surface area (TPSA) is 95.5 Å². The summed E-state index contributed by atoms with van der Waals surface area (Å²) < 4.78 is 5.56. The van der Waals surface area contributed by atoms with Crippen LogP contribution in [0.3, 0.4) is 0 Å². The number of hydrogen-bond donors (Lipinski definition) is 0. The second-order valence-electron chi connectivity index (χ2n) is 4.68. The molecular formula is C16H18N2O5. The molecule has 2 rings (SSSR count). The Balaban J connectivity index is 0.000000231. The third-order valence-corrected chi connectivity index (χ3v) is 2.91. The van der Waals surface area contributed by atoms with Gasteiger partial charge in [-0.2, -0.15) is 0 Å². The van der Waals surface area contributed by atoms with Crippen LogP contribution in [0.4, 0.5) is 11.4 Å². The maximum Gasteiger partial charge on any atom is 0.276 e. The van der Waals surface area contributed by atoms with E-state index < -0.39 is 9.85 Å². The molecule has 0 saturated carbocycles. The minimum Gasteiger partial charge on any atom is -0.491 e. The van der Waals surface area contributed by atoms with Gasteiger partial charge in [-0.15, -0.1) is 0 Å². The van der Waals surface area contributed by atoms with Crippen LogP contribution >= 0.6 is 0 Å². The van der Waals surface area contributed by atoms with Crippen LogP contribution in [0.25, 0.3) is 0 Å². The molecule has 0 fully saturated rings. The number of benzene rings is 2. The summed E-state index contributed by atoms with van der Waals surface area (Å²) in [7, 11) is 0. The summed E-state index contributed by atoms with van der Waals surface area (Å²) in [6.45, 7) is 4.20. The SMILES string of the molecule is CCC(C)Oc1ccccc1.O=[N+]([O-])c1cccc([N+](=O)[O-])c1. The molecule has 0 heterocycles. The van der Waals surface area contributed by atoms with Crippen molar-refractivity contribution in [3.05, 3.63) is 74.8 Å². The molecule has 0 amide bonds. The van der Waals surface area contributed by atoms with Crippen molar-refractivity contribution in [3.8, 4) is 5.75 Å². The summed E-state index contributed by atoms with van der Waals surface area (Å²) in [5, 5.41) is 20.3. The minimum atomic E-state index is -0.674. The molecule has 122 valence electrons. The number of non-ortho nitro benzene ring substituents is 2. The summed E-state index contributed by atoms with van der Waals surface area (Å²) in [6.07, 6.45) is 1.37. The summed E-state index contributed by atoms with van der Waals surface area (Å²) in [4.78, 5) is 19.0. The molecule has 0 saturated heterocycles. The van der Waals surface area contributed by atoms with Gasteiger partial charge in [-0.25, -0.2) is 0 Å². The molecule has 2 aromatic carbocycles. The van der Waals surface area contributed by atoms with Gasteiger partial charge in [-0.3, -0.25) is 20.2 Å². The van der Waals surface area contributed by atoms with Crippen molar-refractivity contribution >= 4 is 11.4 Å². The van der Waals surface area contributed by atoms with Crippen LogP contribution in [0.5, 0.6) is 5.75 Å². The van der Waals surface area contributed by atoms with E-state index in [2.05, 4.69) is 13.8 Å².